The highest BCUT2D eigenvalue weighted by molar-refractivity contribution is 9.10. The summed E-state index contributed by atoms with van der Waals surface area (Å²) in [5.41, 5.74) is 2.49. The molecule has 1 unspecified atom stereocenters. The number of fused-ring (bicyclic) bond motifs is 4. The van der Waals surface area contributed by atoms with Gasteiger partial charge in [-0.2, -0.15) is 5.26 Å². The Balaban J connectivity index is 1.42. The monoisotopic (exact) mass is 680 g/mol. The molecular weight excluding hydrogens is 643 g/mol. The predicted octanol–water partition coefficient (Wildman–Crippen LogP) is 5.50. The van der Waals surface area contributed by atoms with Gasteiger partial charge in [-0.05, 0) is 92.7 Å². The summed E-state index contributed by atoms with van der Waals surface area (Å²) < 4.78 is 25.3. The molecule has 0 spiro atoms. The number of carbonyl (C=O) groups excluding carboxylic acids is 1. The van der Waals surface area contributed by atoms with Gasteiger partial charge in [0, 0.05) is 55.5 Å². The van der Waals surface area contributed by atoms with E-state index < -0.39 is 11.9 Å². The van der Waals surface area contributed by atoms with Gasteiger partial charge in [-0.1, -0.05) is 0 Å². The average Bonchev–Trinajstić information content (AvgIpc) is 3.76. The van der Waals surface area contributed by atoms with Gasteiger partial charge in [-0.15, -0.1) is 0 Å². The average molecular weight is 682 g/mol. The largest absolute Gasteiger partial charge is 0.472 e. The van der Waals surface area contributed by atoms with Crippen LogP contribution in [0.5, 0.6) is 5.88 Å². The molecule has 238 valence electrons. The normalized spacial score (nSPS) is 25.0. The Morgan fingerprint density at radius 2 is 2.02 bits per heavy atom. The van der Waals surface area contributed by atoms with Gasteiger partial charge in [0.05, 0.1) is 33.5 Å². The van der Waals surface area contributed by atoms with Crippen LogP contribution in [-0.4, -0.2) is 92.8 Å². The van der Waals surface area contributed by atoms with Crippen LogP contribution in [0.25, 0.3) is 21.8 Å². The van der Waals surface area contributed by atoms with E-state index in [9.17, 15) is 20.0 Å². The number of likely N-dealkylation sites (tertiary alicyclic amines) is 2. The summed E-state index contributed by atoms with van der Waals surface area (Å²) in [7, 11) is 2.09. The zero-order valence-electron chi connectivity index (χ0n) is 25.6. The van der Waals surface area contributed by atoms with Crippen molar-refractivity contribution in [1.82, 2.24) is 24.3 Å². The van der Waals surface area contributed by atoms with Crippen LogP contribution in [0.15, 0.2) is 16.6 Å². The van der Waals surface area contributed by atoms with E-state index in [0.29, 0.717) is 42.6 Å². The maximum Gasteiger partial charge on any atom is 0.407 e. The van der Waals surface area contributed by atoms with Gasteiger partial charge >= 0.3 is 6.09 Å². The second-order valence-corrected chi connectivity index (χ2v) is 13.9. The summed E-state index contributed by atoms with van der Waals surface area (Å²) in [6, 6.07) is 5.95. The van der Waals surface area contributed by atoms with E-state index in [4.69, 9.17) is 9.72 Å². The first kappa shape index (κ1) is 30.2. The molecule has 45 heavy (non-hydrogen) atoms. The third kappa shape index (κ3) is 5.03. The lowest BCUT2D eigenvalue weighted by atomic mass is 9.79. The van der Waals surface area contributed by atoms with Gasteiger partial charge in [0.2, 0.25) is 11.8 Å². The number of carboxylic acid groups (broad SMARTS) is 1. The Bertz CT molecular complexity index is 1730. The van der Waals surface area contributed by atoms with Crippen LogP contribution in [0.2, 0.25) is 0 Å². The summed E-state index contributed by atoms with van der Waals surface area (Å²) in [6.07, 6.45) is 4.14. The molecule has 2 aromatic heterocycles. The SMILES string of the molecule is C[C@H](Oc1nc2c(F)c(Br)c(CCC#N)cc2c2c1cc(CCC(=O)N1CCC1)n2[C@H]1[C@@H]2C[C@H]1N(C(=O)O)C2)C1CCCN1C. The first-order chi connectivity index (χ1) is 21.7. The van der Waals surface area contributed by atoms with Gasteiger partial charge in [0.1, 0.15) is 11.6 Å². The second-order valence-electron chi connectivity index (χ2n) is 13.1. The first-order valence-corrected chi connectivity index (χ1v) is 16.8. The number of aromatic nitrogens is 2. The molecule has 12 heteroatoms. The molecule has 5 atom stereocenters. The van der Waals surface area contributed by atoms with E-state index in [2.05, 4.69) is 38.5 Å². The number of amides is 2. The van der Waals surface area contributed by atoms with Crippen molar-refractivity contribution in [2.45, 2.75) is 82.5 Å². The summed E-state index contributed by atoms with van der Waals surface area (Å²) in [5.74, 6) is 0.0528. The quantitative estimate of drug-likeness (QED) is 0.318. The third-order valence-electron chi connectivity index (χ3n) is 10.6. The van der Waals surface area contributed by atoms with E-state index >= 15 is 4.39 Å². The van der Waals surface area contributed by atoms with Gasteiger partial charge in [0.25, 0.3) is 0 Å². The maximum absolute atomic E-state index is 16.3. The number of nitrogens with zero attached hydrogens (tertiary/aromatic N) is 6. The molecule has 4 aliphatic heterocycles. The molecule has 10 nitrogen and oxygen atoms in total. The molecule has 2 amide bonds. The van der Waals surface area contributed by atoms with Crippen molar-refractivity contribution in [3.05, 3.63) is 33.7 Å². The summed E-state index contributed by atoms with van der Waals surface area (Å²) >= 11 is 3.44. The van der Waals surface area contributed by atoms with Crippen LogP contribution in [-0.2, 0) is 17.6 Å². The number of hydrogen-bond acceptors (Lipinski definition) is 6. The van der Waals surface area contributed by atoms with Gasteiger partial charge in [-0.25, -0.2) is 14.2 Å². The van der Waals surface area contributed by atoms with Gasteiger partial charge in [0.15, 0.2) is 5.82 Å². The van der Waals surface area contributed by atoms with Crippen LogP contribution in [0.4, 0.5) is 9.18 Å². The number of hydrogen-bond donors (Lipinski definition) is 1. The molecular formula is C33H38BrFN6O4. The van der Waals surface area contributed by atoms with Crippen molar-refractivity contribution in [1.29, 1.82) is 5.26 Å². The smallest absolute Gasteiger partial charge is 0.407 e. The van der Waals surface area contributed by atoms with E-state index in [0.717, 1.165) is 61.9 Å². The van der Waals surface area contributed by atoms with Crippen molar-refractivity contribution >= 4 is 49.7 Å². The minimum atomic E-state index is -0.935. The molecule has 5 aliphatic rings. The molecule has 3 aromatic rings. The zero-order valence-corrected chi connectivity index (χ0v) is 27.2. The Kier molecular flexibility index (Phi) is 7.89. The molecule has 1 aliphatic carbocycles. The Hall–Kier alpha value is -3.43. The summed E-state index contributed by atoms with van der Waals surface area (Å²) in [4.78, 5) is 35.6. The maximum atomic E-state index is 16.3. The Labute approximate surface area is 269 Å². The van der Waals surface area contributed by atoms with Crippen LogP contribution in [0.3, 0.4) is 0 Å². The fourth-order valence-electron chi connectivity index (χ4n) is 8.07. The molecule has 1 saturated carbocycles. The molecule has 4 saturated heterocycles. The predicted molar refractivity (Wildman–Crippen MR) is 170 cm³/mol. The van der Waals surface area contributed by atoms with Crippen LogP contribution in [0.1, 0.15) is 62.7 Å². The highest BCUT2D eigenvalue weighted by atomic mass is 79.9. The van der Waals surface area contributed by atoms with Gasteiger partial charge < -0.3 is 24.2 Å². The van der Waals surface area contributed by atoms with Crippen LogP contribution < -0.4 is 4.74 Å². The van der Waals surface area contributed by atoms with Crippen molar-refractivity contribution in [3.8, 4) is 11.9 Å². The van der Waals surface area contributed by atoms with Crippen molar-refractivity contribution in [2.75, 3.05) is 33.2 Å². The van der Waals surface area contributed by atoms with E-state index in [-0.39, 0.29) is 52.5 Å². The number of halogens is 2. The number of carbonyl (C=O) groups is 2. The van der Waals surface area contributed by atoms with E-state index in [1.165, 1.54) is 4.90 Å². The third-order valence-corrected chi connectivity index (χ3v) is 11.5. The molecule has 8 rings (SSSR count). The number of likely N-dealkylation sites (N-methyl/N-ethyl adjacent to an activating group) is 1. The zero-order chi connectivity index (χ0) is 31.6. The minimum absolute atomic E-state index is 0.105. The van der Waals surface area contributed by atoms with Crippen molar-refractivity contribution in [3.63, 3.8) is 0 Å². The van der Waals surface area contributed by atoms with Crippen LogP contribution >= 0.6 is 15.9 Å². The number of benzene rings is 1. The lowest BCUT2D eigenvalue weighted by molar-refractivity contribution is -0.134. The minimum Gasteiger partial charge on any atom is -0.472 e. The molecule has 1 N–H and O–H groups in total. The first-order valence-electron chi connectivity index (χ1n) is 16.0. The topological polar surface area (TPSA) is 115 Å². The highest BCUT2D eigenvalue weighted by Gasteiger charge is 2.55. The number of rotatable bonds is 9. The summed E-state index contributed by atoms with van der Waals surface area (Å²) in [6.45, 7) is 5.02. The summed E-state index contributed by atoms with van der Waals surface area (Å²) in [5, 5.41) is 20.6. The lowest BCUT2D eigenvalue weighted by Gasteiger charge is -2.39. The van der Waals surface area contributed by atoms with Crippen molar-refractivity contribution in [2.24, 2.45) is 5.92 Å². The Morgan fingerprint density at radius 3 is 2.67 bits per heavy atom. The lowest BCUT2D eigenvalue weighted by Crippen LogP contribution is -2.43. The number of aryl methyl sites for hydroxylation is 2. The molecule has 2 bridgehead atoms. The molecule has 1 aromatic carbocycles. The second kappa shape index (κ2) is 11.7. The standard InChI is InChI=1S/C33H38BrFN6O4/c1-18(24-7-4-11-38(24)2)45-32-23-16-21(8-9-26(42)39-12-5-13-39)41(30-20-15-25(30)40(17-20)33(43)44)31(23)22-14-19(6-3-10-36)27(34)28(35)29(22)37-32/h14,16,18,20,24-25,30H,3-9,11-13,15,17H2,1-2H3,(H,43,44)/t18-,20+,24?,25+,30-/m0/s1. The Morgan fingerprint density at radius 1 is 1.22 bits per heavy atom. The fourth-order valence-corrected chi connectivity index (χ4v) is 8.57. The molecule has 6 heterocycles. The van der Waals surface area contributed by atoms with Crippen molar-refractivity contribution < 1.29 is 23.8 Å². The van der Waals surface area contributed by atoms with E-state index in [1.54, 1.807) is 0 Å². The van der Waals surface area contributed by atoms with Crippen LogP contribution in [0, 0.1) is 23.1 Å². The highest BCUT2D eigenvalue weighted by Crippen LogP contribution is 2.53. The van der Waals surface area contributed by atoms with Gasteiger partial charge in [-0.3, -0.25) is 9.69 Å². The number of pyridine rings is 1. The van der Waals surface area contributed by atoms with E-state index in [1.807, 2.05) is 24.0 Å². The molecule has 5 fully saturated rings. The number of ether oxygens (including phenoxy) is 1. The number of nitriles is 1. The fraction of sp³-hybridized carbons (Fsp3) is 0.576. The molecule has 0 radical (unpaired) electrons.